The Morgan fingerprint density at radius 3 is 2.68 bits per heavy atom. The molecule has 9 heteroatoms. The summed E-state index contributed by atoms with van der Waals surface area (Å²) >= 11 is 0. The molecule has 1 aliphatic rings. The lowest BCUT2D eigenvalue weighted by molar-refractivity contribution is -0.384. The monoisotopic (exact) mass is 420 g/mol. The van der Waals surface area contributed by atoms with Crippen molar-refractivity contribution in [1.29, 1.82) is 0 Å². The van der Waals surface area contributed by atoms with Gasteiger partial charge in [0.05, 0.1) is 16.8 Å². The largest absolute Gasteiger partial charge is 0.454 e. The molecule has 0 spiro atoms. The molecule has 1 aromatic heterocycles. The Hall–Kier alpha value is -4.14. The number of nitro groups is 1. The average molecular weight is 420 g/mol. The number of hydrogen-bond acceptors (Lipinski definition) is 6. The van der Waals surface area contributed by atoms with Crippen LogP contribution in [0, 0.1) is 30.9 Å². The number of nitro benzene ring substituents is 1. The molecule has 1 N–H and O–H groups in total. The standard InChI is InChI=1S/C22H20N4O5/c1-13-4-6-18(26(28)29)10-19(13)25-14(2)8-17(15(25)3)11-23-24-22(27)16-5-7-20-21(9-16)31-12-30-20/h4-11H,12H2,1-3H3,(H,24,27)/b23-11-. The molecule has 0 fully saturated rings. The second-order valence-electron chi connectivity index (χ2n) is 7.16. The van der Waals surface area contributed by atoms with Gasteiger partial charge in [-0.1, -0.05) is 6.07 Å². The highest BCUT2D eigenvalue weighted by Gasteiger charge is 2.17. The second kappa shape index (κ2) is 7.94. The number of non-ortho nitro benzene ring substituents is 1. The van der Waals surface area contributed by atoms with Crippen molar-refractivity contribution in [2.24, 2.45) is 5.10 Å². The number of ether oxygens (including phenoxy) is 2. The fourth-order valence-electron chi connectivity index (χ4n) is 3.50. The van der Waals surface area contributed by atoms with Gasteiger partial charge in [0.1, 0.15) is 0 Å². The molecule has 4 rings (SSSR count). The normalized spacial score (nSPS) is 12.4. The van der Waals surface area contributed by atoms with Gasteiger partial charge in [-0.3, -0.25) is 14.9 Å². The minimum absolute atomic E-state index is 0.0271. The zero-order valence-electron chi connectivity index (χ0n) is 17.2. The first-order valence-electron chi connectivity index (χ1n) is 9.52. The van der Waals surface area contributed by atoms with E-state index in [9.17, 15) is 14.9 Å². The summed E-state index contributed by atoms with van der Waals surface area (Å²) in [6, 6.07) is 11.6. The van der Waals surface area contributed by atoms with Crippen molar-refractivity contribution in [1.82, 2.24) is 9.99 Å². The first kappa shape index (κ1) is 20.1. The van der Waals surface area contributed by atoms with Gasteiger partial charge in [-0.15, -0.1) is 0 Å². The summed E-state index contributed by atoms with van der Waals surface area (Å²) in [6.45, 7) is 5.84. The Morgan fingerprint density at radius 1 is 1.13 bits per heavy atom. The number of hydrazone groups is 1. The van der Waals surface area contributed by atoms with Gasteiger partial charge in [0, 0.05) is 34.6 Å². The van der Waals surface area contributed by atoms with E-state index < -0.39 is 4.92 Å². The average Bonchev–Trinajstić information content (AvgIpc) is 3.32. The van der Waals surface area contributed by atoms with Crippen molar-refractivity contribution in [3.63, 3.8) is 0 Å². The lowest BCUT2D eigenvalue weighted by Gasteiger charge is -2.12. The number of aryl methyl sites for hydroxylation is 2. The minimum atomic E-state index is -0.412. The molecule has 0 radical (unpaired) electrons. The van der Waals surface area contributed by atoms with E-state index in [1.807, 2.05) is 31.4 Å². The molecule has 3 aromatic rings. The number of fused-ring (bicyclic) bond motifs is 1. The Balaban J connectivity index is 1.55. The highest BCUT2D eigenvalue weighted by molar-refractivity contribution is 5.95. The first-order chi connectivity index (χ1) is 14.8. The Bertz CT molecular complexity index is 1230. The molecule has 0 saturated carbocycles. The van der Waals surface area contributed by atoms with E-state index in [-0.39, 0.29) is 18.4 Å². The molecule has 9 nitrogen and oxygen atoms in total. The zero-order valence-corrected chi connectivity index (χ0v) is 17.2. The fourth-order valence-corrected chi connectivity index (χ4v) is 3.50. The molecule has 0 atom stereocenters. The number of nitrogens with zero attached hydrogens (tertiary/aromatic N) is 3. The van der Waals surface area contributed by atoms with Crippen LogP contribution in [0.25, 0.3) is 5.69 Å². The fraction of sp³-hybridized carbons (Fsp3) is 0.182. The van der Waals surface area contributed by atoms with Crippen LogP contribution in [0.15, 0.2) is 47.6 Å². The molecule has 0 bridgehead atoms. The highest BCUT2D eigenvalue weighted by atomic mass is 16.7. The van der Waals surface area contributed by atoms with E-state index in [0.29, 0.717) is 17.1 Å². The maximum absolute atomic E-state index is 12.4. The van der Waals surface area contributed by atoms with Crippen LogP contribution in [0.3, 0.4) is 0 Å². The van der Waals surface area contributed by atoms with Gasteiger partial charge in [-0.25, -0.2) is 5.43 Å². The van der Waals surface area contributed by atoms with Crippen molar-refractivity contribution < 1.29 is 19.2 Å². The molecule has 0 saturated heterocycles. The van der Waals surface area contributed by atoms with Gasteiger partial charge < -0.3 is 14.0 Å². The number of aromatic nitrogens is 1. The molecule has 31 heavy (non-hydrogen) atoms. The van der Waals surface area contributed by atoms with Crippen LogP contribution in [0.4, 0.5) is 5.69 Å². The predicted octanol–water partition coefficient (Wildman–Crippen LogP) is 3.80. The van der Waals surface area contributed by atoms with E-state index >= 15 is 0 Å². The SMILES string of the molecule is Cc1ccc([N+](=O)[O-])cc1-n1c(C)cc(/C=N\NC(=O)c2ccc3c(c2)OCO3)c1C. The minimum Gasteiger partial charge on any atom is -0.454 e. The van der Waals surface area contributed by atoms with Crippen LogP contribution in [-0.4, -0.2) is 28.4 Å². The second-order valence-corrected chi connectivity index (χ2v) is 7.16. The number of nitrogens with one attached hydrogen (secondary N) is 1. The van der Waals surface area contributed by atoms with E-state index in [4.69, 9.17) is 9.47 Å². The smallest absolute Gasteiger partial charge is 0.271 e. The Labute approximate surface area is 178 Å². The topological polar surface area (TPSA) is 108 Å². The van der Waals surface area contributed by atoms with Crippen LogP contribution in [0.2, 0.25) is 0 Å². The van der Waals surface area contributed by atoms with Crippen LogP contribution >= 0.6 is 0 Å². The van der Waals surface area contributed by atoms with E-state index in [0.717, 1.165) is 28.2 Å². The summed E-state index contributed by atoms with van der Waals surface area (Å²) < 4.78 is 12.5. The van der Waals surface area contributed by atoms with E-state index in [1.165, 1.54) is 6.07 Å². The molecule has 0 unspecified atom stereocenters. The van der Waals surface area contributed by atoms with Gasteiger partial charge in [0.15, 0.2) is 11.5 Å². The van der Waals surface area contributed by atoms with E-state index in [1.54, 1.807) is 36.5 Å². The van der Waals surface area contributed by atoms with Crippen LogP contribution in [0.5, 0.6) is 11.5 Å². The molecule has 2 aromatic carbocycles. The summed E-state index contributed by atoms with van der Waals surface area (Å²) in [5.41, 5.74) is 7.10. The molecule has 158 valence electrons. The van der Waals surface area contributed by atoms with Crippen LogP contribution in [-0.2, 0) is 0 Å². The maximum Gasteiger partial charge on any atom is 0.271 e. The predicted molar refractivity (Wildman–Crippen MR) is 114 cm³/mol. The van der Waals surface area contributed by atoms with Crippen LogP contribution < -0.4 is 14.9 Å². The Kier molecular flexibility index (Phi) is 5.16. The van der Waals surface area contributed by atoms with Gasteiger partial charge in [0.2, 0.25) is 6.79 Å². The van der Waals surface area contributed by atoms with Crippen molar-refractivity contribution in [2.75, 3.05) is 6.79 Å². The summed E-state index contributed by atoms with van der Waals surface area (Å²) in [5, 5.41) is 15.2. The van der Waals surface area contributed by atoms with E-state index in [2.05, 4.69) is 10.5 Å². The summed E-state index contributed by atoms with van der Waals surface area (Å²) in [5.74, 6) is 0.745. The van der Waals surface area contributed by atoms with Crippen molar-refractivity contribution >= 4 is 17.8 Å². The lowest BCUT2D eigenvalue weighted by Crippen LogP contribution is -2.17. The number of hydrogen-bond donors (Lipinski definition) is 1. The number of benzene rings is 2. The lowest BCUT2D eigenvalue weighted by atomic mass is 10.1. The number of rotatable bonds is 5. The van der Waals surface area contributed by atoms with Crippen molar-refractivity contribution in [2.45, 2.75) is 20.8 Å². The Morgan fingerprint density at radius 2 is 1.90 bits per heavy atom. The summed E-state index contributed by atoms with van der Waals surface area (Å²) in [4.78, 5) is 23.1. The number of carbonyl (C=O) groups excluding carboxylic acids is 1. The zero-order chi connectivity index (χ0) is 22.1. The number of carbonyl (C=O) groups is 1. The summed E-state index contributed by atoms with van der Waals surface area (Å²) in [6.07, 6.45) is 1.55. The maximum atomic E-state index is 12.4. The van der Waals surface area contributed by atoms with Crippen LogP contribution in [0.1, 0.15) is 32.9 Å². The third-order valence-electron chi connectivity index (χ3n) is 5.12. The molecular formula is C22H20N4O5. The van der Waals surface area contributed by atoms with Gasteiger partial charge in [-0.05, 0) is 50.6 Å². The quantitative estimate of drug-likeness (QED) is 0.384. The highest BCUT2D eigenvalue weighted by Crippen LogP contribution is 2.32. The molecule has 1 amide bonds. The van der Waals surface area contributed by atoms with Crippen molar-refractivity contribution in [3.8, 4) is 17.2 Å². The first-order valence-corrected chi connectivity index (χ1v) is 9.52. The van der Waals surface area contributed by atoms with Gasteiger partial charge in [-0.2, -0.15) is 5.10 Å². The third kappa shape index (κ3) is 3.85. The van der Waals surface area contributed by atoms with Crippen molar-refractivity contribution in [3.05, 3.63) is 80.7 Å². The molecule has 1 aliphatic heterocycles. The molecule has 0 aliphatic carbocycles. The molecular weight excluding hydrogens is 400 g/mol. The third-order valence-corrected chi connectivity index (χ3v) is 5.12. The summed E-state index contributed by atoms with van der Waals surface area (Å²) in [7, 11) is 0. The molecule has 2 heterocycles. The van der Waals surface area contributed by atoms with Gasteiger partial charge in [0.25, 0.3) is 11.6 Å². The van der Waals surface area contributed by atoms with Gasteiger partial charge >= 0.3 is 0 Å². The number of amides is 1.